The predicted molar refractivity (Wildman–Crippen MR) is 86.5 cm³/mol. The molecule has 1 aliphatic carbocycles. The molecule has 7 heteroatoms. The second-order valence-electron chi connectivity index (χ2n) is 5.13. The van der Waals surface area contributed by atoms with Crippen LogP contribution in [0.1, 0.15) is 36.6 Å². The number of hydrogen-bond acceptors (Lipinski definition) is 7. The summed E-state index contributed by atoms with van der Waals surface area (Å²) >= 11 is 3.03. The van der Waals surface area contributed by atoms with Gasteiger partial charge in [-0.25, -0.2) is 9.97 Å². The van der Waals surface area contributed by atoms with Crippen molar-refractivity contribution in [3.63, 3.8) is 0 Å². The van der Waals surface area contributed by atoms with Crippen molar-refractivity contribution in [1.82, 2.24) is 9.97 Å². The van der Waals surface area contributed by atoms with Crippen molar-refractivity contribution >= 4 is 45.1 Å². The molecule has 116 valence electrons. The average Bonchev–Trinajstić information content (AvgIpc) is 3.03. The Morgan fingerprint density at radius 1 is 1.45 bits per heavy atom. The van der Waals surface area contributed by atoms with E-state index in [1.165, 1.54) is 23.0 Å². The van der Waals surface area contributed by atoms with Crippen LogP contribution in [0.2, 0.25) is 0 Å². The van der Waals surface area contributed by atoms with E-state index in [-0.39, 0.29) is 17.7 Å². The van der Waals surface area contributed by atoms with Gasteiger partial charge in [-0.1, -0.05) is 11.8 Å². The van der Waals surface area contributed by atoms with Crippen LogP contribution < -0.4 is 0 Å². The number of esters is 1. The van der Waals surface area contributed by atoms with Gasteiger partial charge >= 0.3 is 5.97 Å². The summed E-state index contributed by atoms with van der Waals surface area (Å²) in [5, 5.41) is 1.72. The Morgan fingerprint density at radius 3 is 3.00 bits per heavy atom. The van der Waals surface area contributed by atoms with Gasteiger partial charge in [-0.3, -0.25) is 9.59 Å². The number of nitrogens with zero attached hydrogens (tertiary/aromatic N) is 2. The van der Waals surface area contributed by atoms with Crippen molar-refractivity contribution in [2.75, 3.05) is 12.4 Å². The largest absolute Gasteiger partial charge is 0.466 e. The van der Waals surface area contributed by atoms with Crippen LogP contribution >= 0.6 is 23.1 Å². The van der Waals surface area contributed by atoms with E-state index in [2.05, 4.69) is 9.97 Å². The highest BCUT2D eigenvalue weighted by molar-refractivity contribution is 8.00. The molecule has 0 bridgehead atoms. The van der Waals surface area contributed by atoms with E-state index < -0.39 is 0 Å². The highest BCUT2D eigenvalue weighted by Gasteiger charge is 2.35. The lowest BCUT2D eigenvalue weighted by atomic mass is 10.0. The lowest BCUT2D eigenvalue weighted by Gasteiger charge is -2.11. The fraction of sp³-hybridized carbons (Fsp3) is 0.467. The molecular formula is C15H16N2O3S2. The monoisotopic (exact) mass is 336 g/mol. The maximum Gasteiger partial charge on any atom is 0.313 e. The molecule has 22 heavy (non-hydrogen) atoms. The summed E-state index contributed by atoms with van der Waals surface area (Å²) in [6.45, 7) is 3.76. The maximum absolute atomic E-state index is 12.2. The summed E-state index contributed by atoms with van der Waals surface area (Å²) in [5.41, 5.74) is 1.02. The lowest BCUT2D eigenvalue weighted by molar-refractivity contribution is -0.144. The Bertz CT molecular complexity index is 742. The van der Waals surface area contributed by atoms with Gasteiger partial charge in [0.15, 0.2) is 0 Å². The fourth-order valence-electron chi connectivity index (χ4n) is 2.71. The van der Waals surface area contributed by atoms with Gasteiger partial charge in [-0.2, -0.15) is 0 Å². The number of rotatable bonds is 5. The number of ketones is 1. The second-order valence-corrected chi connectivity index (χ2v) is 7.18. The number of hydrogen-bond donors (Lipinski definition) is 0. The zero-order valence-electron chi connectivity index (χ0n) is 12.4. The topological polar surface area (TPSA) is 69.2 Å². The summed E-state index contributed by atoms with van der Waals surface area (Å²) in [6.07, 6.45) is 3.17. The number of thioether (sulfide) groups is 1. The van der Waals surface area contributed by atoms with Gasteiger partial charge in [0.2, 0.25) is 0 Å². The first-order valence-corrected chi connectivity index (χ1v) is 8.97. The molecule has 0 unspecified atom stereocenters. The molecule has 2 aromatic rings. The van der Waals surface area contributed by atoms with Crippen LogP contribution in [0.5, 0.6) is 0 Å². The summed E-state index contributed by atoms with van der Waals surface area (Å²) in [7, 11) is 0. The smallest absolute Gasteiger partial charge is 0.313 e. The van der Waals surface area contributed by atoms with E-state index in [0.717, 1.165) is 33.6 Å². The number of aryl methyl sites for hydroxylation is 1. The minimum atomic E-state index is -0.230. The van der Waals surface area contributed by atoms with Crippen molar-refractivity contribution in [2.24, 2.45) is 0 Å². The third-order valence-corrected chi connectivity index (χ3v) is 5.87. The van der Waals surface area contributed by atoms with Crippen molar-refractivity contribution in [1.29, 1.82) is 0 Å². The third kappa shape index (κ3) is 2.75. The number of thiophene rings is 1. The van der Waals surface area contributed by atoms with Crippen LogP contribution in [-0.2, 0) is 20.7 Å². The van der Waals surface area contributed by atoms with Crippen LogP contribution in [0.15, 0.2) is 11.4 Å². The molecule has 3 rings (SSSR count). The number of carbonyl (C=O) groups is 2. The second kappa shape index (κ2) is 6.34. The molecule has 0 saturated carbocycles. The molecule has 2 aromatic heterocycles. The Morgan fingerprint density at radius 2 is 2.27 bits per heavy atom. The van der Waals surface area contributed by atoms with Crippen molar-refractivity contribution in [2.45, 2.75) is 37.6 Å². The number of aromatic nitrogens is 2. The van der Waals surface area contributed by atoms with Crippen LogP contribution in [0, 0.1) is 0 Å². The first-order chi connectivity index (χ1) is 10.6. The van der Waals surface area contributed by atoms with E-state index in [0.29, 0.717) is 12.4 Å². The Balaban J connectivity index is 2.05. The Hall–Kier alpha value is -1.47. The average molecular weight is 336 g/mol. The molecule has 0 aromatic carbocycles. The molecule has 2 heterocycles. The van der Waals surface area contributed by atoms with Gasteiger partial charge in [0.05, 0.1) is 18.3 Å². The number of Topliss-reactive ketones (excluding diaryl/α,β-unsaturated/α-hetero) is 1. The SMILES string of the molecule is CCOC(=O)[C@H]1CCc2sc3ncnc(SCC(C)=O)c3c21. The van der Waals surface area contributed by atoms with Gasteiger partial charge in [0, 0.05) is 10.3 Å². The number of ether oxygens (including phenoxy) is 1. The standard InChI is InChI=1S/C15H16N2O3S2/c1-3-20-15(19)9-4-5-10-11(9)12-13(21-6-8(2)18)16-7-17-14(12)22-10/h7,9H,3-6H2,1-2H3/t9-/m0/s1. The maximum atomic E-state index is 12.2. The van der Waals surface area contributed by atoms with Crippen LogP contribution in [0.25, 0.3) is 10.2 Å². The zero-order chi connectivity index (χ0) is 15.7. The summed E-state index contributed by atoms with van der Waals surface area (Å²) in [6, 6.07) is 0. The molecule has 0 radical (unpaired) electrons. The van der Waals surface area contributed by atoms with Gasteiger partial charge in [-0.15, -0.1) is 11.3 Å². The van der Waals surface area contributed by atoms with Gasteiger partial charge in [-0.05, 0) is 32.3 Å². The number of carbonyl (C=O) groups excluding carboxylic acids is 2. The first kappa shape index (κ1) is 15.4. The van der Waals surface area contributed by atoms with E-state index in [1.54, 1.807) is 18.3 Å². The molecule has 1 atom stereocenters. The molecular weight excluding hydrogens is 320 g/mol. The van der Waals surface area contributed by atoms with Gasteiger partial charge in [0.25, 0.3) is 0 Å². The summed E-state index contributed by atoms with van der Waals surface area (Å²) in [4.78, 5) is 34.2. The molecule has 0 N–H and O–H groups in total. The summed E-state index contributed by atoms with van der Waals surface area (Å²) in [5.74, 6) is 0.0742. The van der Waals surface area contributed by atoms with E-state index >= 15 is 0 Å². The normalized spacial score (nSPS) is 16.7. The highest BCUT2D eigenvalue weighted by atomic mass is 32.2. The molecule has 0 amide bonds. The molecule has 0 saturated heterocycles. The van der Waals surface area contributed by atoms with E-state index in [1.807, 2.05) is 6.92 Å². The Labute approximate surface area is 136 Å². The van der Waals surface area contributed by atoms with Crippen molar-refractivity contribution in [3.8, 4) is 0 Å². The van der Waals surface area contributed by atoms with Crippen LogP contribution in [0.3, 0.4) is 0 Å². The van der Waals surface area contributed by atoms with Crippen molar-refractivity contribution < 1.29 is 14.3 Å². The number of fused-ring (bicyclic) bond motifs is 3. The molecule has 1 aliphatic rings. The molecule has 0 fully saturated rings. The molecule has 5 nitrogen and oxygen atoms in total. The van der Waals surface area contributed by atoms with E-state index in [4.69, 9.17) is 4.74 Å². The lowest BCUT2D eigenvalue weighted by Crippen LogP contribution is -2.13. The fourth-order valence-corrected chi connectivity index (χ4v) is 4.80. The van der Waals surface area contributed by atoms with E-state index in [9.17, 15) is 9.59 Å². The van der Waals surface area contributed by atoms with Crippen LogP contribution in [-0.4, -0.2) is 34.1 Å². The van der Waals surface area contributed by atoms with Gasteiger partial charge in [0.1, 0.15) is 22.0 Å². The summed E-state index contributed by atoms with van der Waals surface area (Å²) < 4.78 is 5.20. The Kier molecular flexibility index (Phi) is 4.44. The van der Waals surface area contributed by atoms with Gasteiger partial charge < -0.3 is 4.74 Å². The van der Waals surface area contributed by atoms with Crippen molar-refractivity contribution in [3.05, 3.63) is 16.8 Å². The zero-order valence-corrected chi connectivity index (χ0v) is 14.1. The minimum Gasteiger partial charge on any atom is -0.466 e. The predicted octanol–water partition coefficient (Wildman–Crippen LogP) is 2.97. The quantitative estimate of drug-likeness (QED) is 0.475. The first-order valence-electron chi connectivity index (χ1n) is 7.17. The third-order valence-electron chi connectivity index (χ3n) is 3.56. The molecule has 0 aliphatic heterocycles. The minimum absolute atomic E-state index is 0.102. The van der Waals surface area contributed by atoms with Crippen LogP contribution in [0.4, 0.5) is 0 Å². The highest BCUT2D eigenvalue weighted by Crippen LogP contribution is 2.46. The molecule has 0 spiro atoms.